The zero-order chi connectivity index (χ0) is 15.6. The fourth-order valence-corrected chi connectivity index (χ4v) is 1.88. The summed E-state index contributed by atoms with van der Waals surface area (Å²) in [4.78, 5) is 21.2. The van der Waals surface area contributed by atoms with Gasteiger partial charge in [-0.05, 0) is 30.3 Å². The Labute approximate surface area is 122 Å². The van der Waals surface area contributed by atoms with Crippen molar-refractivity contribution >= 4 is 34.6 Å². The standard InChI is InChI=1S/C13H8ClFN2O4/c14-9-6-8(15)2-3-10(9)16-11-5-7(13(18)19)1-4-12(11)17(20)21/h1-6,16H,(H,18,19). The average molecular weight is 311 g/mol. The molecule has 0 saturated heterocycles. The fourth-order valence-electron chi connectivity index (χ4n) is 1.66. The van der Waals surface area contributed by atoms with Crippen molar-refractivity contribution in [3.05, 3.63) is 62.9 Å². The van der Waals surface area contributed by atoms with Gasteiger partial charge in [-0.2, -0.15) is 0 Å². The lowest BCUT2D eigenvalue weighted by Gasteiger charge is -2.09. The number of anilines is 2. The van der Waals surface area contributed by atoms with Gasteiger partial charge in [0.15, 0.2) is 0 Å². The first-order valence-electron chi connectivity index (χ1n) is 5.62. The summed E-state index contributed by atoms with van der Waals surface area (Å²) in [7, 11) is 0. The second-order valence-electron chi connectivity index (χ2n) is 4.04. The van der Waals surface area contributed by atoms with Crippen LogP contribution in [0, 0.1) is 15.9 Å². The maximum atomic E-state index is 13.0. The molecule has 0 amide bonds. The number of hydrogen-bond acceptors (Lipinski definition) is 4. The Hall–Kier alpha value is -2.67. The highest BCUT2D eigenvalue weighted by molar-refractivity contribution is 6.33. The molecule has 0 aliphatic rings. The first kappa shape index (κ1) is 14.7. The highest BCUT2D eigenvalue weighted by Gasteiger charge is 2.17. The van der Waals surface area contributed by atoms with E-state index in [1.54, 1.807) is 0 Å². The van der Waals surface area contributed by atoms with Gasteiger partial charge in [0.2, 0.25) is 0 Å². The van der Waals surface area contributed by atoms with Crippen molar-refractivity contribution in [2.45, 2.75) is 0 Å². The number of nitrogens with one attached hydrogen (secondary N) is 1. The van der Waals surface area contributed by atoms with Crippen LogP contribution in [0.5, 0.6) is 0 Å². The Morgan fingerprint density at radius 2 is 1.95 bits per heavy atom. The largest absolute Gasteiger partial charge is 0.478 e. The van der Waals surface area contributed by atoms with Crippen LogP contribution in [0.1, 0.15) is 10.4 Å². The van der Waals surface area contributed by atoms with Gasteiger partial charge < -0.3 is 10.4 Å². The molecule has 21 heavy (non-hydrogen) atoms. The van der Waals surface area contributed by atoms with Crippen molar-refractivity contribution in [1.82, 2.24) is 0 Å². The minimum atomic E-state index is -1.22. The van der Waals surface area contributed by atoms with Crippen LogP contribution in [0.3, 0.4) is 0 Å². The summed E-state index contributed by atoms with van der Waals surface area (Å²) in [6.45, 7) is 0. The van der Waals surface area contributed by atoms with Crippen molar-refractivity contribution in [2.24, 2.45) is 0 Å². The van der Waals surface area contributed by atoms with E-state index in [2.05, 4.69) is 5.32 Å². The zero-order valence-electron chi connectivity index (χ0n) is 10.3. The topological polar surface area (TPSA) is 92.5 Å². The molecule has 2 rings (SSSR count). The third-order valence-corrected chi connectivity index (χ3v) is 2.95. The fraction of sp³-hybridized carbons (Fsp3) is 0. The van der Waals surface area contributed by atoms with Crippen LogP contribution < -0.4 is 5.32 Å². The van der Waals surface area contributed by atoms with Gasteiger partial charge >= 0.3 is 5.97 Å². The van der Waals surface area contributed by atoms with Crippen LogP contribution in [-0.4, -0.2) is 16.0 Å². The van der Waals surface area contributed by atoms with Gasteiger partial charge in [-0.15, -0.1) is 0 Å². The first-order chi connectivity index (χ1) is 9.88. The Kier molecular flexibility index (Phi) is 4.04. The van der Waals surface area contributed by atoms with Crippen LogP contribution >= 0.6 is 11.6 Å². The van der Waals surface area contributed by atoms with Crippen LogP contribution in [0.4, 0.5) is 21.5 Å². The minimum absolute atomic E-state index is 0.0185. The van der Waals surface area contributed by atoms with Gasteiger partial charge in [0.05, 0.1) is 21.2 Å². The van der Waals surface area contributed by atoms with E-state index >= 15 is 0 Å². The van der Waals surface area contributed by atoms with E-state index in [4.69, 9.17) is 16.7 Å². The smallest absolute Gasteiger partial charge is 0.335 e. The van der Waals surface area contributed by atoms with E-state index in [1.807, 2.05) is 0 Å². The normalized spacial score (nSPS) is 10.2. The average Bonchev–Trinajstić information content (AvgIpc) is 2.41. The van der Waals surface area contributed by atoms with E-state index in [9.17, 15) is 19.3 Å². The molecule has 0 saturated carbocycles. The number of nitrogens with zero attached hydrogens (tertiary/aromatic N) is 1. The summed E-state index contributed by atoms with van der Waals surface area (Å²) in [6, 6.07) is 6.77. The molecule has 0 heterocycles. The summed E-state index contributed by atoms with van der Waals surface area (Å²) < 4.78 is 13.0. The van der Waals surface area contributed by atoms with Crippen LogP contribution in [-0.2, 0) is 0 Å². The molecular formula is C13H8ClFN2O4. The van der Waals surface area contributed by atoms with Gasteiger partial charge in [-0.25, -0.2) is 9.18 Å². The summed E-state index contributed by atoms with van der Waals surface area (Å²) >= 11 is 5.82. The molecule has 0 aromatic heterocycles. The molecule has 6 nitrogen and oxygen atoms in total. The number of benzene rings is 2. The Morgan fingerprint density at radius 1 is 1.24 bits per heavy atom. The summed E-state index contributed by atoms with van der Waals surface area (Å²) in [6.07, 6.45) is 0. The molecule has 2 N–H and O–H groups in total. The predicted molar refractivity (Wildman–Crippen MR) is 74.7 cm³/mol. The maximum Gasteiger partial charge on any atom is 0.335 e. The molecule has 0 spiro atoms. The van der Waals surface area contributed by atoms with E-state index in [1.165, 1.54) is 6.07 Å². The van der Waals surface area contributed by atoms with Crippen LogP contribution in [0.25, 0.3) is 0 Å². The van der Waals surface area contributed by atoms with Gasteiger partial charge in [0, 0.05) is 6.07 Å². The van der Waals surface area contributed by atoms with Crippen molar-refractivity contribution in [3.8, 4) is 0 Å². The van der Waals surface area contributed by atoms with E-state index in [0.717, 1.165) is 30.3 Å². The Morgan fingerprint density at radius 3 is 2.52 bits per heavy atom. The summed E-state index contributed by atoms with van der Waals surface area (Å²) in [5.74, 6) is -1.78. The molecule has 0 fully saturated rings. The number of rotatable bonds is 4. The molecule has 0 bridgehead atoms. The molecule has 0 aliphatic heterocycles. The first-order valence-corrected chi connectivity index (χ1v) is 6.00. The number of halogens is 2. The maximum absolute atomic E-state index is 13.0. The molecule has 8 heteroatoms. The molecule has 0 aliphatic carbocycles. The van der Waals surface area contributed by atoms with Gasteiger partial charge in [-0.3, -0.25) is 10.1 Å². The quantitative estimate of drug-likeness (QED) is 0.661. The zero-order valence-corrected chi connectivity index (χ0v) is 11.1. The third-order valence-electron chi connectivity index (χ3n) is 2.64. The molecular weight excluding hydrogens is 303 g/mol. The van der Waals surface area contributed by atoms with Crippen molar-refractivity contribution in [1.29, 1.82) is 0 Å². The monoisotopic (exact) mass is 310 g/mol. The highest BCUT2D eigenvalue weighted by Crippen LogP contribution is 2.32. The third kappa shape index (κ3) is 3.26. The number of carbonyl (C=O) groups is 1. The predicted octanol–water partition coefficient (Wildman–Crippen LogP) is 3.83. The SMILES string of the molecule is O=C(O)c1ccc([N+](=O)[O-])c(Nc2ccc(F)cc2Cl)c1. The molecule has 0 radical (unpaired) electrons. The highest BCUT2D eigenvalue weighted by atomic mass is 35.5. The molecule has 0 unspecified atom stereocenters. The number of hydrogen-bond donors (Lipinski definition) is 2. The number of aromatic carboxylic acids is 1. The lowest BCUT2D eigenvalue weighted by atomic mass is 10.1. The molecule has 0 atom stereocenters. The summed E-state index contributed by atoms with van der Waals surface area (Å²) in [5, 5.41) is 22.5. The number of nitro groups is 1. The van der Waals surface area contributed by atoms with Gasteiger partial charge in [0.25, 0.3) is 5.69 Å². The second-order valence-corrected chi connectivity index (χ2v) is 4.45. The van der Waals surface area contributed by atoms with Gasteiger partial charge in [0.1, 0.15) is 11.5 Å². The van der Waals surface area contributed by atoms with Gasteiger partial charge in [-0.1, -0.05) is 11.6 Å². The van der Waals surface area contributed by atoms with Crippen molar-refractivity contribution < 1.29 is 19.2 Å². The van der Waals surface area contributed by atoms with Crippen molar-refractivity contribution in [2.75, 3.05) is 5.32 Å². The van der Waals surface area contributed by atoms with E-state index in [0.29, 0.717) is 0 Å². The number of nitro benzene ring substituents is 1. The van der Waals surface area contributed by atoms with Crippen molar-refractivity contribution in [3.63, 3.8) is 0 Å². The molecule has 2 aromatic carbocycles. The Balaban J connectivity index is 2.48. The van der Waals surface area contributed by atoms with Crippen LogP contribution in [0.2, 0.25) is 5.02 Å². The van der Waals surface area contributed by atoms with E-state index in [-0.39, 0.29) is 27.6 Å². The second kappa shape index (κ2) is 5.76. The number of carboxylic acids is 1. The van der Waals surface area contributed by atoms with Crippen LogP contribution in [0.15, 0.2) is 36.4 Å². The summed E-state index contributed by atoms with van der Waals surface area (Å²) in [5.41, 5.74) is -0.265. The lowest BCUT2D eigenvalue weighted by molar-refractivity contribution is -0.383. The Bertz CT molecular complexity index is 736. The molecule has 108 valence electrons. The van der Waals surface area contributed by atoms with E-state index < -0.39 is 16.7 Å². The lowest BCUT2D eigenvalue weighted by Crippen LogP contribution is -2.02. The molecule has 2 aromatic rings. The number of carboxylic acid groups (broad SMARTS) is 1. The minimum Gasteiger partial charge on any atom is -0.478 e.